The topological polar surface area (TPSA) is 108 Å². The molecule has 1 saturated heterocycles. The molecule has 0 aromatic carbocycles. The van der Waals surface area contributed by atoms with Crippen molar-refractivity contribution in [3.05, 3.63) is 26.9 Å². The molecule has 3 N–H and O–H groups in total. The van der Waals surface area contributed by atoms with Crippen molar-refractivity contribution >= 4 is 5.82 Å². The lowest BCUT2D eigenvalue weighted by Gasteiger charge is -2.22. The summed E-state index contributed by atoms with van der Waals surface area (Å²) in [5, 5.41) is 18.8. The zero-order valence-electron chi connectivity index (χ0n) is 10.7. The molecule has 0 radical (unpaired) electrons. The van der Waals surface area contributed by atoms with Crippen LogP contribution in [0.5, 0.6) is 0 Å². The number of aliphatic hydroxyl groups is 2. The Balaban J connectivity index is 2.46. The third kappa shape index (κ3) is 2.55. The highest BCUT2D eigenvalue weighted by molar-refractivity contribution is 5.36. The summed E-state index contributed by atoms with van der Waals surface area (Å²) in [5.74, 6) is 0.379. The first-order chi connectivity index (χ1) is 8.93. The van der Waals surface area contributed by atoms with E-state index in [9.17, 15) is 14.7 Å². The quantitative estimate of drug-likeness (QED) is 0.601. The summed E-state index contributed by atoms with van der Waals surface area (Å²) < 4.78 is 6.70. The van der Waals surface area contributed by atoms with Crippen LogP contribution in [0, 0.1) is 0 Å². The first kappa shape index (κ1) is 13.8. The molecule has 106 valence electrons. The third-order valence-corrected chi connectivity index (χ3v) is 3.09. The van der Waals surface area contributed by atoms with Gasteiger partial charge in [0, 0.05) is 26.6 Å². The van der Waals surface area contributed by atoms with Crippen molar-refractivity contribution in [2.75, 3.05) is 25.6 Å². The molecule has 1 fully saturated rings. The molecule has 0 bridgehead atoms. The van der Waals surface area contributed by atoms with E-state index in [-0.39, 0.29) is 13.0 Å². The highest BCUT2D eigenvalue weighted by atomic mass is 16.5. The minimum atomic E-state index is -0.844. The van der Waals surface area contributed by atoms with E-state index < -0.39 is 29.7 Å². The molecule has 1 aromatic rings. The van der Waals surface area contributed by atoms with Crippen LogP contribution in [0.2, 0.25) is 0 Å². The average molecular weight is 271 g/mol. The molecule has 0 spiro atoms. The van der Waals surface area contributed by atoms with Gasteiger partial charge in [0.25, 0.3) is 5.56 Å². The average Bonchev–Trinajstić information content (AvgIpc) is 2.68. The van der Waals surface area contributed by atoms with Crippen LogP contribution in [-0.4, -0.2) is 52.7 Å². The molecule has 2 heterocycles. The summed E-state index contributed by atoms with van der Waals surface area (Å²) >= 11 is 0. The van der Waals surface area contributed by atoms with E-state index in [1.54, 1.807) is 19.0 Å². The lowest BCUT2D eigenvalue weighted by atomic mass is 10.2. The van der Waals surface area contributed by atoms with Gasteiger partial charge in [-0.05, 0) is 0 Å². The van der Waals surface area contributed by atoms with Crippen LogP contribution in [0.4, 0.5) is 5.82 Å². The largest absolute Gasteiger partial charge is 0.394 e. The summed E-state index contributed by atoms with van der Waals surface area (Å²) in [5.41, 5.74) is -1.10. The Morgan fingerprint density at radius 1 is 1.53 bits per heavy atom. The van der Waals surface area contributed by atoms with Crippen LogP contribution in [0.15, 0.2) is 15.7 Å². The number of H-pyrrole nitrogens is 1. The van der Waals surface area contributed by atoms with Crippen LogP contribution in [0.3, 0.4) is 0 Å². The van der Waals surface area contributed by atoms with E-state index in [0.29, 0.717) is 5.82 Å². The summed E-state index contributed by atoms with van der Waals surface area (Å²) in [7, 11) is 3.39. The molecule has 8 heteroatoms. The Labute approximate surface area is 108 Å². The molecule has 0 aliphatic carbocycles. The van der Waals surface area contributed by atoms with Crippen LogP contribution in [-0.2, 0) is 4.74 Å². The molecule has 0 amide bonds. The number of nitrogens with one attached hydrogen (secondary N) is 1. The van der Waals surface area contributed by atoms with Crippen LogP contribution in [0.25, 0.3) is 0 Å². The number of nitrogens with zero attached hydrogens (tertiary/aromatic N) is 2. The van der Waals surface area contributed by atoms with E-state index in [1.807, 2.05) is 0 Å². The fraction of sp³-hybridized carbons (Fsp3) is 0.636. The lowest BCUT2D eigenvalue weighted by molar-refractivity contribution is -0.0453. The standard InChI is InChI=1S/C11H17N3O5/c1-13(2)9-4-8(17)12-11(18)14(9)10-3-6(16)7(5-15)19-10/h4,6-7,10,15-16H,3,5H2,1-2H3,(H,12,17,18)/t6?,7-,10-/m0/s1. The van der Waals surface area contributed by atoms with Crippen molar-refractivity contribution in [3.8, 4) is 0 Å². The SMILES string of the molecule is CN(C)c1cc(=O)[nH]c(=O)n1[C@@H]1CC(O)[C@H](CO)O1. The van der Waals surface area contributed by atoms with Crippen molar-refractivity contribution in [1.82, 2.24) is 9.55 Å². The fourth-order valence-corrected chi connectivity index (χ4v) is 2.15. The minimum absolute atomic E-state index is 0.179. The summed E-state index contributed by atoms with van der Waals surface area (Å²) in [4.78, 5) is 27.0. The van der Waals surface area contributed by atoms with Gasteiger partial charge >= 0.3 is 5.69 Å². The molecule has 1 aliphatic rings. The van der Waals surface area contributed by atoms with Crippen LogP contribution < -0.4 is 16.1 Å². The van der Waals surface area contributed by atoms with Gasteiger partial charge in [-0.15, -0.1) is 0 Å². The number of hydrogen-bond acceptors (Lipinski definition) is 6. The lowest BCUT2D eigenvalue weighted by Crippen LogP contribution is -2.36. The second-order valence-electron chi connectivity index (χ2n) is 4.68. The Kier molecular flexibility index (Phi) is 3.74. The molecule has 8 nitrogen and oxygen atoms in total. The number of aliphatic hydroxyl groups excluding tert-OH is 2. The van der Waals surface area contributed by atoms with Crippen molar-refractivity contribution in [1.29, 1.82) is 0 Å². The van der Waals surface area contributed by atoms with E-state index >= 15 is 0 Å². The number of hydrogen-bond donors (Lipinski definition) is 3. The van der Waals surface area contributed by atoms with Gasteiger partial charge < -0.3 is 19.8 Å². The molecule has 1 aliphatic heterocycles. The van der Waals surface area contributed by atoms with Gasteiger partial charge in [-0.2, -0.15) is 0 Å². The van der Waals surface area contributed by atoms with Gasteiger partial charge in [-0.3, -0.25) is 14.3 Å². The van der Waals surface area contributed by atoms with E-state index in [4.69, 9.17) is 9.84 Å². The van der Waals surface area contributed by atoms with Gasteiger partial charge in [-0.1, -0.05) is 0 Å². The molecule has 0 saturated carbocycles. The summed E-state index contributed by atoms with van der Waals surface area (Å²) in [6, 6.07) is 1.28. The fourth-order valence-electron chi connectivity index (χ4n) is 2.15. The van der Waals surface area contributed by atoms with Gasteiger partial charge in [0.05, 0.1) is 12.7 Å². The maximum Gasteiger partial charge on any atom is 0.332 e. The van der Waals surface area contributed by atoms with E-state index in [2.05, 4.69) is 4.98 Å². The highest BCUT2D eigenvalue weighted by Crippen LogP contribution is 2.29. The Hall–Kier alpha value is -1.64. The first-order valence-corrected chi connectivity index (χ1v) is 5.91. The predicted molar refractivity (Wildman–Crippen MR) is 67.3 cm³/mol. The summed E-state index contributed by atoms with van der Waals surface area (Å²) in [6.07, 6.45) is -2.10. The molecule has 1 unspecified atom stereocenters. The van der Waals surface area contributed by atoms with Crippen molar-refractivity contribution < 1.29 is 14.9 Å². The predicted octanol–water partition coefficient (Wildman–Crippen LogP) is -1.76. The number of anilines is 1. The van der Waals surface area contributed by atoms with E-state index in [1.165, 1.54) is 10.6 Å². The Bertz CT molecular complexity index is 564. The zero-order chi connectivity index (χ0) is 14.2. The maximum atomic E-state index is 11.9. The second kappa shape index (κ2) is 5.16. The zero-order valence-corrected chi connectivity index (χ0v) is 10.7. The number of ether oxygens (including phenoxy) is 1. The van der Waals surface area contributed by atoms with Crippen molar-refractivity contribution in [3.63, 3.8) is 0 Å². The second-order valence-corrected chi connectivity index (χ2v) is 4.68. The van der Waals surface area contributed by atoms with Gasteiger partial charge in [0.15, 0.2) is 0 Å². The maximum absolute atomic E-state index is 11.9. The molecule has 1 aromatic heterocycles. The van der Waals surface area contributed by atoms with Crippen molar-refractivity contribution in [2.45, 2.75) is 24.9 Å². The molecular formula is C11H17N3O5. The Morgan fingerprint density at radius 3 is 2.74 bits per heavy atom. The molecule has 3 atom stereocenters. The smallest absolute Gasteiger partial charge is 0.332 e. The monoisotopic (exact) mass is 271 g/mol. The minimum Gasteiger partial charge on any atom is -0.394 e. The molecular weight excluding hydrogens is 254 g/mol. The highest BCUT2D eigenvalue weighted by Gasteiger charge is 2.36. The molecule has 2 rings (SSSR count). The van der Waals surface area contributed by atoms with Gasteiger partial charge in [0.1, 0.15) is 18.1 Å². The number of aromatic amines is 1. The first-order valence-electron chi connectivity index (χ1n) is 5.91. The number of aromatic nitrogens is 2. The van der Waals surface area contributed by atoms with Crippen LogP contribution >= 0.6 is 0 Å². The molecule has 19 heavy (non-hydrogen) atoms. The number of rotatable bonds is 3. The third-order valence-electron chi connectivity index (χ3n) is 3.09. The summed E-state index contributed by atoms with van der Waals surface area (Å²) in [6.45, 7) is -0.326. The Morgan fingerprint density at radius 2 is 2.21 bits per heavy atom. The van der Waals surface area contributed by atoms with Crippen LogP contribution in [0.1, 0.15) is 12.6 Å². The van der Waals surface area contributed by atoms with Gasteiger partial charge in [-0.25, -0.2) is 4.79 Å². The van der Waals surface area contributed by atoms with E-state index in [0.717, 1.165) is 0 Å². The van der Waals surface area contributed by atoms with Gasteiger partial charge in [0.2, 0.25) is 0 Å². The van der Waals surface area contributed by atoms with Crippen molar-refractivity contribution in [2.24, 2.45) is 0 Å². The normalized spacial score (nSPS) is 26.6.